The highest BCUT2D eigenvalue weighted by atomic mass is 31.1. The molecule has 0 aromatic carbocycles. The van der Waals surface area contributed by atoms with Crippen LogP contribution in [0.2, 0.25) is 0 Å². The van der Waals surface area contributed by atoms with Gasteiger partial charge in [0.2, 0.25) is 5.52 Å². The first kappa shape index (κ1) is 10.8. The quantitative estimate of drug-likeness (QED) is 0.507. The first-order chi connectivity index (χ1) is 4.87. The number of carbonyl (C=O) groups excluding carboxylic acids is 1. The minimum atomic E-state index is -1.59. The molecule has 1 atom stereocenters. The molecule has 0 aliphatic heterocycles. The van der Waals surface area contributed by atoms with E-state index in [9.17, 15) is 4.79 Å². The summed E-state index contributed by atoms with van der Waals surface area (Å²) in [5.41, 5.74) is -0.123. The lowest BCUT2D eigenvalue weighted by Gasteiger charge is -2.23. The fraction of sp³-hybridized carbons (Fsp3) is 0.571. The van der Waals surface area contributed by atoms with Crippen LogP contribution >= 0.6 is 8.15 Å². The standard InChI is InChI=1S/C7H15NO2P/c1-5-11(10)7(9)6-8(2,3)4/h5,10H,1,6H2,2-4H3/q+1. The van der Waals surface area contributed by atoms with E-state index in [2.05, 4.69) is 6.58 Å². The Balaban J connectivity index is 3.98. The highest BCUT2D eigenvalue weighted by Gasteiger charge is 2.19. The second-order valence-electron chi connectivity index (χ2n) is 3.37. The van der Waals surface area contributed by atoms with Crippen molar-refractivity contribution < 1.29 is 14.2 Å². The molecule has 4 heteroatoms. The zero-order valence-electron chi connectivity index (χ0n) is 7.24. The Bertz CT molecular complexity index is 162. The van der Waals surface area contributed by atoms with Crippen molar-refractivity contribution >= 4 is 13.7 Å². The summed E-state index contributed by atoms with van der Waals surface area (Å²) in [6.07, 6.45) is 0. The third-order valence-corrected chi connectivity index (χ3v) is 2.04. The minimum absolute atomic E-state index is 0.123. The van der Waals surface area contributed by atoms with E-state index in [4.69, 9.17) is 4.89 Å². The summed E-state index contributed by atoms with van der Waals surface area (Å²) in [4.78, 5) is 20.2. The van der Waals surface area contributed by atoms with Crippen molar-refractivity contribution in [2.24, 2.45) is 0 Å². The normalized spacial score (nSPS) is 14.2. The lowest BCUT2D eigenvalue weighted by molar-refractivity contribution is -0.861. The molecule has 0 amide bonds. The number of hydrogen-bond acceptors (Lipinski definition) is 2. The molecule has 0 aliphatic carbocycles. The van der Waals surface area contributed by atoms with Crippen LogP contribution in [0.5, 0.6) is 0 Å². The topological polar surface area (TPSA) is 37.3 Å². The van der Waals surface area contributed by atoms with E-state index < -0.39 is 8.15 Å². The van der Waals surface area contributed by atoms with Crippen LogP contribution in [-0.2, 0) is 4.79 Å². The highest BCUT2D eigenvalue weighted by Crippen LogP contribution is 2.31. The molecular formula is C7H15NO2P+. The number of nitrogens with zero attached hydrogens (tertiary/aromatic N) is 1. The number of rotatable bonds is 4. The molecule has 0 aliphatic rings. The molecule has 1 N–H and O–H groups in total. The van der Waals surface area contributed by atoms with E-state index in [1.807, 2.05) is 21.1 Å². The number of carbonyl (C=O) groups is 1. The molecule has 0 rings (SSSR count). The van der Waals surface area contributed by atoms with E-state index in [1.165, 1.54) is 5.82 Å². The second kappa shape index (κ2) is 3.96. The molecule has 11 heavy (non-hydrogen) atoms. The lowest BCUT2D eigenvalue weighted by atomic mass is 10.5. The molecule has 0 aromatic heterocycles. The Hall–Kier alpha value is -0.240. The average Bonchev–Trinajstić information content (AvgIpc) is 1.82. The van der Waals surface area contributed by atoms with Gasteiger partial charge < -0.3 is 9.38 Å². The van der Waals surface area contributed by atoms with Gasteiger partial charge in [0.05, 0.1) is 21.1 Å². The summed E-state index contributed by atoms with van der Waals surface area (Å²) >= 11 is 0. The maximum Gasteiger partial charge on any atom is 0.238 e. The van der Waals surface area contributed by atoms with E-state index in [-0.39, 0.29) is 5.52 Å². The summed E-state index contributed by atoms with van der Waals surface area (Å²) in [5.74, 6) is 1.31. The third kappa shape index (κ3) is 5.08. The van der Waals surface area contributed by atoms with Crippen LogP contribution < -0.4 is 0 Å². The molecule has 3 nitrogen and oxygen atoms in total. The molecule has 0 bridgehead atoms. The van der Waals surface area contributed by atoms with Gasteiger partial charge in [-0.25, -0.2) is 0 Å². The van der Waals surface area contributed by atoms with Crippen molar-refractivity contribution in [3.63, 3.8) is 0 Å². The van der Waals surface area contributed by atoms with Gasteiger partial charge in [-0.15, -0.1) is 0 Å². The monoisotopic (exact) mass is 176 g/mol. The van der Waals surface area contributed by atoms with Gasteiger partial charge in [-0.2, -0.15) is 0 Å². The number of hydrogen-bond donors (Lipinski definition) is 1. The molecule has 0 aromatic rings. The van der Waals surface area contributed by atoms with Crippen LogP contribution in [0.1, 0.15) is 0 Å². The van der Waals surface area contributed by atoms with Crippen LogP contribution in [-0.4, -0.2) is 42.6 Å². The number of quaternary nitrogens is 1. The van der Waals surface area contributed by atoms with E-state index >= 15 is 0 Å². The SMILES string of the molecule is C=CP(O)C(=O)C[N+](C)(C)C. The fourth-order valence-corrected chi connectivity index (χ4v) is 1.35. The average molecular weight is 176 g/mol. The van der Waals surface area contributed by atoms with Gasteiger partial charge in [0.25, 0.3) is 0 Å². The Morgan fingerprint density at radius 2 is 2.09 bits per heavy atom. The summed E-state index contributed by atoms with van der Waals surface area (Å²) in [6.45, 7) is 3.72. The second-order valence-corrected chi connectivity index (χ2v) is 4.92. The van der Waals surface area contributed by atoms with Crippen molar-refractivity contribution in [3.8, 4) is 0 Å². The Kier molecular flexibility index (Phi) is 3.87. The largest absolute Gasteiger partial charge is 0.362 e. The smallest absolute Gasteiger partial charge is 0.238 e. The van der Waals surface area contributed by atoms with Crippen molar-refractivity contribution in [3.05, 3.63) is 12.4 Å². The van der Waals surface area contributed by atoms with Crippen molar-refractivity contribution in [1.29, 1.82) is 0 Å². The summed E-state index contributed by atoms with van der Waals surface area (Å²) in [5, 5.41) is 0. The van der Waals surface area contributed by atoms with Gasteiger partial charge >= 0.3 is 0 Å². The predicted octanol–water partition coefficient (Wildman–Crippen LogP) is 0.752. The fourth-order valence-electron chi connectivity index (χ4n) is 0.580. The van der Waals surface area contributed by atoms with Crippen LogP contribution in [0, 0.1) is 0 Å². The molecule has 0 radical (unpaired) electrons. The Morgan fingerprint density at radius 1 is 1.64 bits per heavy atom. The molecule has 64 valence electrons. The first-order valence-corrected chi connectivity index (χ1v) is 4.67. The van der Waals surface area contributed by atoms with Gasteiger partial charge in [0, 0.05) is 0 Å². The predicted molar refractivity (Wildman–Crippen MR) is 47.2 cm³/mol. The maximum absolute atomic E-state index is 11.1. The summed E-state index contributed by atoms with van der Waals surface area (Å²) < 4.78 is 0.548. The van der Waals surface area contributed by atoms with Crippen molar-refractivity contribution in [2.45, 2.75) is 0 Å². The summed E-state index contributed by atoms with van der Waals surface area (Å²) in [6, 6.07) is 0. The van der Waals surface area contributed by atoms with E-state index in [0.29, 0.717) is 11.0 Å². The van der Waals surface area contributed by atoms with Gasteiger partial charge in [0.1, 0.15) is 14.7 Å². The molecule has 0 fully saturated rings. The highest BCUT2D eigenvalue weighted by molar-refractivity contribution is 7.72. The van der Waals surface area contributed by atoms with Crippen molar-refractivity contribution in [2.75, 3.05) is 27.7 Å². The van der Waals surface area contributed by atoms with Crippen molar-refractivity contribution in [1.82, 2.24) is 0 Å². The Labute approximate surface area is 68.8 Å². The molecule has 0 saturated heterocycles. The zero-order chi connectivity index (χ0) is 9.07. The zero-order valence-corrected chi connectivity index (χ0v) is 8.14. The van der Waals surface area contributed by atoms with Gasteiger partial charge in [0.15, 0.2) is 0 Å². The maximum atomic E-state index is 11.1. The van der Waals surface area contributed by atoms with Gasteiger partial charge in [-0.3, -0.25) is 4.79 Å². The van der Waals surface area contributed by atoms with Gasteiger partial charge in [-0.05, 0) is 5.82 Å². The Morgan fingerprint density at radius 3 is 2.36 bits per heavy atom. The minimum Gasteiger partial charge on any atom is -0.362 e. The molecule has 0 saturated carbocycles. The molecule has 0 heterocycles. The summed E-state index contributed by atoms with van der Waals surface area (Å²) in [7, 11) is 4.13. The van der Waals surface area contributed by atoms with Crippen LogP contribution in [0.15, 0.2) is 12.4 Å². The van der Waals surface area contributed by atoms with Crippen LogP contribution in [0.3, 0.4) is 0 Å². The first-order valence-electron chi connectivity index (χ1n) is 3.31. The van der Waals surface area contributed by atoms with Crippen LogP contribution in [0.4, 0.5) is 0 Å². The third-order valence-electron chi connectivity index (χ3n) is 1.04. The molecule has 0 spiro atoms. The van der Waals surface area contributed by atoms with E-state index in [0.717, 1.165) is 0 Å². The van der Waals surface area contributed by atoms with E-state index in [1.54, 1.807) is 0 Å². The van der Waals surface area contributed by atoms with Gasteiger partial charge in [-0.1, -0.05) is 6.58 Å². The lowest BCUT2D eigenvalue weighted by Crippen LogP contribution is -2.38. The molecule has 1 unspecified atom stereocenters. The van der Waals surface area contributed by atoms with Crippen LogP contribution in [0.25, 0.3) is 0 Å². The number of likely N-dealkylation sites (N-methyl/N-ethyl adjacent to an activating group) is 1. The molecular weight excluding hydrogens is 161 g/mol.